The van der Waals surface area contributed by atoms with Crippen molar-refractivity contribution in [3.8, 4) is 0 Å². The number of rotatable bonds is 58. The molecule has 0 heterocycles. The van der Waals surface area contributed by atoms with Gasteiger partial charge in [-0.2, -0.15) is 0 Å². The molecule has 6 heteroatoms. The Balaban J connectivity index is 4.19. The summed E-state index contributed by atoms with van der Waals surface area (Å²) in [5, 5.41) is 0. The fraction of sp³-hybridized carbons (Fsp3) is 0.681. The van der Waals surface area contributed by atoms with E-state index in [0.29, 0.717) is 19.3 Å². The lowest BCUT2D eigenvalue weighted by Crippen LogP contribution is -2.30. The van der Waals surface area contributed by atoms with Gasteiger partial charge in [-0.25, -0.2) is 0 Å². The SMILES string of the molecule is CC/C=C\C/C=C\C/C=C\C/C=C\C/C=C\C/C=C\C/C=C\C/C=C\C/C=C\CCCCCC(=O)OCC(COC(=O)CCCCCCCC)OC(=O)CCCCCCCCCCCCC/C=C\CCCCCCCCCC. The Bertz CT molecular complexity index is 1620. The van der Waals surface area contributed by atoms with Crippen LogP contribution in [0.25, 0.3) is 0 Å². The molecular weight excluding hydrogens is 961 g/mol. The van der Waals surface area contributed by atoms with Crippen LogP contribution in [-0.4, -0.2) is 37.2 Å². The zero-order chi connectivity index (χ0) is 56.4. The first-order chi connectivity index (χ1) is 38.5. The van der Waals surface area contributed by atoms with Gasteiger partial charge in [0.25, 0.3) is 0 Å². The monoisotopic (exact) mass is 1080 g/mol. The van der Waals surface area contributed by atoms with E-state index in [4.69, 9.17) is 14.2 Å². The summed E-state index contributed by atoms with van der Waals surface area (Å²) in [7, 11) is 0. The molecule has 0 rings (SSSR count). The molecule has 6 nitrogen and oxygen atoms in total. The topological polar surface area (TPSA) is 78.9 Å². The zero-order valence-corrected chi connectivity index (χ0v) is 50.9. The molecule has 0 aromatic heterocycles. The van der Waals surface area contributed by atoms with Crippen LogP contribution in [0.2, 0.25) is 0 Å². The number of ether oxygens (including phenoxy) is 3. The molecule has 0 bridgehead atoms. The van der Waals surface area contributed by atoms with Crippen molar-refractivity contribution < 1.29 is 28.6 Å². The van der Waals surface area contributed by atoms with Crippen molar-refractivity contribution >= 4 is 17.9 Å². The Morgan fingerprint density at radius 2 is 0.500 bits per heavy atom. The number of hydrogen-bond donors (Lipinski definition) is 0. The fourth-order valence-corrected chi connectivity index (χ4v) is 8.84. The molecule has 0 aliphatic carbocycles. The van der Waals surface area contributed by atoms with Gasteiger partial charge in [0.05, 0.1) is 0 Å². The number of carbonyl (C=O) groups excluding carboxylic acids is 3. The largest absolute Gasteiger partial charge is 0.462 e. The van der Waals surface area contributed by atoms with Crippen molar-refractivity contribution in [1.82, 2.24) is 0 Å². The summed E-state index contributed by atoms with van der Waals surface area (Å²) >= 11 is 0. The van der Waals surface area contributed by atoms with E-state index in [1.54, 1.807) is 0 Å². The van der Waals surface area contributed by atoms with Crippen LogP contribution in [0.5, 0.6) is 0 Å². The zero-order valence-electron chi connectivity index (χ0n) is 50.9. The summed E-state index contributed by atoms with van der Waals surface area (Å²) in [6.45, 7) is 6.45. The van der Waals surface area contributed by atoms with E-state index in [1.807, 2.05) is 0 Å². The van der Waals surface area contributed by atoms with E-state index in [0.717, 1.165) is 122 Å². The van der Waals surface area contributed by atoms with E-state index in [1.165, 1.54) is 135 Å². The van der Waals surface area contributed by atoms with Crippen LogP contribution >= 0.6 is 0 Å². The molecule has 0 radical (unpaired) electrons. The molecule has 444 valence electrons. The van der Waals surface area contributed by atoms with E-state index in [9.17, 15) is 14.4 Å². The molecular formula is C72H120O6. The van der Waals surface area contributed by atoms with Crippen molar-refractivity contribution in [1.29, 1.82) is 0 Å². The number of esters is 3. The van der Waals surface area contributed by atoms with Gasteiger partial charge in [0.2, 0.25) is 0 Å². The Labute approximate surface area is 482 Å². The number of allylic oxidation sites excluding steroid dienone is 20. The highest BCUT2D eigenvalue weighted by molar-refractivity contribution is 5.71. The minimum atomic E-state index is -0.792. The van der Waals surface area contributed by atoms with Crippen molar-refractivity contribution in [2.45, 2.75) is 303 Å². The summed E-state index contributed by atoms with van der Waals surface area (Å²) in [6, 6.07) is 0. The Morgan fingerprint density at radius 3 is 0.808 bits per heavy atom. The molecule has 0 spiro atoms. The van der Waals surface area contributed by atoms with Gasteiger partial charge in [0, 0.05) is 19.3 Å². The van der Waals surface area contributed by atoms with Crippen LogP contribution in [0, 0.1) is 0 Å². The second-order valence-corrected chi connectivity index (χ2v) is 21.3. The third-order valence-corrected chi connectivity index (χ3v) is 13.7. The number of hydrogen-bond acceptors (Lipinski definition) is 6. The highest BCUT2D eigenvalue weighted by Gasteiger charge is 2.19. The first-order valence-electron chi connectivity index (χ1n) is 32.5. The quantitative estimate of drug-likeness (QED) is 0.0261. The maximum Gasteiger partial charge on any atom is 0.306 e. The van der Waals surface area contributed by atoms with Crippen molar-refractivity contribution in [3.05, 3.63) is 122 Å². The summed E-state index contributed by atoms with van der Waals surface area (Å²) in [6.07, 6.45) is 91.0. The predicted molar refractivity (Wildman–Crippen MR) is 339 cm³/mol. The van der Waals surface area contributed by atoms with E-state index >= 15 is 0 Å². The minimum Gasteiger partial charge on any atom is -0.462 e. The summed E-state index contributed by atoms with van der Waals surface area (Å²) < 4.78 is 16.8. The van der Waals surface area contributed by atoms with Gasteiger partial charge in [-0.15, -0.1) is 0 Å². The second-order valence-electron chi connectivity index (χ2n) is 21.3. The molecule has 0 aliphatic rings. The third kappa shape index (κ3) is 62.7. The van der Waals surface area contributed by atoms with Crippen LogP contribution in [0.3, 0.4) is 0 Å². The molecule has 0 N–H and O–H groups in total. The lowest BCUT2D eigenvalue weighted by atomic mass is 10.0. The van der Waals surface area contributed by atoms with Gasteiger partial charge >= 0.3 is 17.9 Å². The van der Waals surface area contributed by atoms with Gasteiger partial charge in [0.15, 0.2) is 6.10 Å². The van der Waals surface area contributed by atoms with Crippen LogP contribution in [0.4, 0.5) is 0 Å². The normalized spacial score (nSPS) is 12.9. The molecule has 0 aliphatic heterocycles. The average Bonchev–Trinajstić information content (AvgIpc) is 3.44. The van der Waals surface area contributed by atoms with E-state index in [-0.39, 0.29) is 31.1 Å². The molecule has 1 atom stereocenters. The molecule has 0 aromatic carbocycles. The smallest absolute Gasteiger partial charge is 0.306 e. The summed E-state index contributed by atoms with van der Waals surface area (Å²) in [5.74, 6) is -0.931. The van der Waals surface area contributed by atoms with Crippen LogP contribution in [0.15, 0.2) is 122 Å². The number of unbranched alkanes of at least 4 members (excludes halogenated alkanes) is 27. The molecule has 1 unspecified atom stereocenters. The van der Waals surface area contributed by atoms with Gasteiger partial charge in [0.1, 0.15) is 13.2 Å². The second kappa shape index (κ2) is 65.3. The minimum absolute atomic E-state index is 0.0899. The summed E-state index contributed by atoms with van der Waals surface area (Å²) in [5.41, 5.74) is 0. The molecule has 0 aromatic rings. The van der Waals surface area contributed by atoms with Gasteiger partial charge in [-0.3, -0.25) is 14.4 Å². The molecule has 78 heavy (non-hydrogen) atoms. The highest BCUT2D eigenvalue weighted by Crippen LogP contribution is 2.16. The first kappa shape index (κ1) is 73.8. The maximum absolute atomic E-state index is 12.8. The lowest BCUT2D eigenvalue weighted by molar-refractivity contribution is -0.167. The Hall–Kier alpha value is -4.19. The molecule has 0 amide bonds. The van der Waals surface area contributed by atoms with Crippen LogP contribution in [0.1, 0.15) is 297 Å². The van der Waals surface area contributed by atoms with Crippen molar-refractivity contribution in [3.63, 3.8) is 0 Å². The predicted octanol–water partition coefficient (Wildman–Crippen LogP) is 22.4. The maximum atomic E-state index is 12.8. The number of carbonyl (C=O) groups is 3. The van der Waals surface area contributed by atoms with Gasteiger partial charge in [-0.05, 0) is 116 Å². The van der Waals surface area contributed by atoms with Gasteiger partial charge < -0.3 is 14.2 Å². The third-order valence-electron chi connectivity index (χ3n) is 13.7. The van der Waals surface area contributed by atoms with Crippen LogP contribution in [-0.2, 0) is 28.6 Å². The van der Waals surface area contributed by atoms with E-state index in [2.05, 4.69) is 142 Å². The lowest BCUT2D eigenvalue weighted by Gasteiger charge is -2.18. The van der Waals surface area contributed by atoms with Gasteiger partial charge in [-0.1, -0.05) is 284 Å². The van der Waals surface area contributed by atoms with Crippen LogP contribution < -0.4 is 0 Å². The standard InChI is InChI=1S/C72H120O6/c1-4-7-10-13-16-18-20-22-24-26-28-30-32-33-34-35-36-37-38-39-41-42-44-46-48-50-52-54-56-59-62-65-71(74)77-68-69(67-76-70(73)64-61-58-15-12-9-6-3)78-72(75)66-63-60-57-55-53-51-49-47-45-43-40-31-29-27-25-23-21-19-17-14-11-8-5-2/h7,10,16,18,22,24,27-30,33-34,36-37,39,41,44,46,50,52,69H,4-6,8-9,11-15,17,19-21,23,25-26,31-32,35,38,40,42-43,45,47-49,51,53-68H2,1-3H3/b10-7-,18-16-,24-22-,29-27-,30-28-,34-33-,37-36-,41-39-,46-44-,52-50-. The Morgan fingerprint density at radius 1 is 0.269 bits per heavy atom. The molecule has 0 fully saturated rings. The van der Waals surface area contributed by atoms with E-state index < -0.39 is 6.10 Å². The average molecular weight is 1080 g/mol. The molecule has 0 saturated heterocycles. The van der Waals surface area contributed by atoms with Crippen molar-refractivity contribution in [2.24, 2.45) is 0 Å². The first-order valence-corrected chi connectivity index (χ1v) is 32.5. The highest BCUT2D eigenvalue weighted by atomic mass is 16.6. The Kier molecular flexibility index (Phi) is 61.8. The van der Waals surface area contributed by atoms with Crippen molar-refractivity contribution in [2.75, 3.05) is 13.2 Å². The summed E-state index contributed by atoms with van der Waals surface area (Å²) in [4.78, 5) is 38.0. The molecule has 0 saturated carbocycles. The fourth-order valence-electron chi connectivity index (χ4n) is 8.84.